The van der Waals surface area contributed by atoms with Crippen LogP contribution >= 0.6 is 11.6 Å². The number of ether oxygens (including phenoxy) is 1. The molecule has 7 nitrogen and oxygen atoms in total. The molecule has 12 heteroatoms. The lowest BCUT2D eigenvalue weighted by Gasteiger charge is -2.15. The van der Waals surface area contributed by atoms with Crippen molar-refractivity contribution < 1.29 is 31.1 Å². The van der Waals surface area contributed by atoms with Gasteiger partial charge in [0.15, 0.2) is 11.6 Å². The third-order valence-corrected chi connectivity index (χ3v) is 6.25. The third-order valence-electron chi connectivity index (χ3n) is 5.04. The van der Waals surface area contributed by atoms with E-state index in [2.05, 4.69) is 5.32 Å². The van der Waals surface area contributed by atoms with Crippen molar-refractivity contribution in [2.24, 2.45) is 5.14 Å². The van der Waals surface area contributed by atoms with Gasteiger partial charge in [-0.25, -0.2) is 26.7 Å². The van der Waals surface area contributed by atoms with E-state index in [-0.39, 0.29) is 26.8 Å². The van der Waals surface area contributed by atoms with Crippen LogP contribution in [-0.2, 0) is 27.2 Å². The summed E-state index contributed by atoms with van der Waals surface area (Å²) in [6.07, 6.45) is -0.452. The van der Waals surface area contributed by atoms with Gasteiger partial charge in [-0.15, -0.1) is 0 Å². The number of carbonyl (C=O) groups is 1. The van der Waals surface area contributed by atoms with Gasteiger partial charge in [-0.05, 0) is 55.0 Å². The zero-order chi connectivity index (χ0) is 26.8. The van der Waals surface area contributed by atoms with Gasteiger partial charge in [-0.2, -0.15) is 5.26 Å². The van der Waals surface area contributed by atoms with E-state index in [1.807, 2.05) is 0 Å². The highest BCUT2D eigenvalue weighted by Gasteiger charge is 2.26. The van der Waals surface area contributed by atoms with Crippen molar-refractivity contribution in [1.82, 2.24) is 0 Å². The van der Waals surface area contributed by atoms with Gasteiger partial charge in [0.05, 0.1) is 28.0 Å². The number of carbonyl (C=O) groups excluding carboxylic acids is 1. The van der Waals surface area contributed by atoms with E-state index >= 15 is 4.39 Å². The van der Waals surface area contributed by atoms with Gasteiger partial charge in [-0.1, -0.05) is 17.7 Å². The van der Waals surface area contributed by atoms with Gasteiger partial charge in [-0.3, -0.25) is 4.79 Å². The number of benzene rings is 3. The topological polar surface area (TPSA) is 122 Å². The Morgan fingerprint density at radius 1 is 1.19 bits per heavy atom. The van der Waals surface area contributed by atoms with Crippen molar-refractivity contribution in [3.63, 3.8) is 0 Å². The molecule has 0 saturated heterocycles. The Kier molecular flexibility index (Phi) is 7.64. The molecule has 0 atom stereocenters. The minimum atomic E-state index is -3.92. The molecule has 3 aromatic carbocycles. The monoisotopic (exact) mass is 537 g/mol. The van der Waals surface area contributed by atoms with Crippen LogP contribution in [0.3, 0.4) is 0 Å². The fourth-order valence-electron chi connectivity index (χ4n) is 3.22. The Bertz CT molecular complexity index is 1500. The molecule has 3 rings (SSSR count). The minimum absolute atomic E-state index is 0.108. The summed E-state index contributed by atoms with van der Waals surface area (Å²) in [6.45, 7) is 2.20. The highest BCUT2D eigenvalue weighted by molar-refractivity contribution is 7.89. The molecule has 1 amide bonds. The molecule has 0 aliphatic carbocycles. The van der Waals surface area contributed by atoms with Gasteiger partial charge in [0.2, 0.25) is 15.9 Å². The number of hydrogen-bond acceptors (Lipinski definition) is 5. The number of amides is 1. The van der Waals surface area contributed by atoms with E-state index in [1.54, 1.807) is 13.0 Å². The maximum absolute atomic E-state index is 15.2. The number of sulfonamides is 1. The van der Waals surface area contributed by atoms with Crippen LogP contribution in [0.1, 0.15) is 29.2 Å². The summed E-state index contributed by atoms with van der Waals surface area (Å²) in [4.78, 5) is 12.4. The van der Waals surface area contributed by atoms with E-state index in [4.69, 9.17) is 26.7 Å². The lowest BCUT2D eigenvalue weighted by Crippen LogP contribution is -2.17. The van der Waals surface area contributed by atoms with Crippen LogP contribution in [-0.4, -0.2) is 14.3 Å². The first kappa shape index (κ1) is 27.0. The van der Waals surface area contributed by atoms with Crippen LogP contribution in [0.4, 0.5) is 18.9 Å². The predicted octanol–water partition coefficient (Wildman–Crippen LogP) is 5.39. The summed E-state index contributed by atoms with van der Waals surface area (Å²) in [6, 6.07) is 11.2. The number of primary sulfonamides is 1. The standard InChI is InChI=1S/C24H19ClF3N3O4S/c1-13-7-18(36(30,33)34)4-6-20(13)31-21(32)10-15-3-5-19(25)23(22(15)26)35-17-9-14(12-29)8-16(11-17)24(2,27)28/h3-9,11H,10H2,1-2H3,(H,31,32)(H2,30,33,34). The summed E-state index contributed by atoms with van der Waals surface area (Å²) in [7, 11) is -3.92. The molecular formula is C24H19ClF3N3O4S. The molecule has 0 unspecified atom stereocenters. The fourth-order valence-corrected chi connectivity index (χ4v) is 4.00. The molecule has 3 N–H and O–H groups in total. The third kappa shape index (κ3) is 6.34. The number of aryl methyl sites for hydroxylation is 1. The van der Waals surface area contributed by atoms with E-state index in [0.29, 0.717) is 18.2 Å². The Balaban J connectivity index is 1.86. The summed E-state index contributed by atoms with van der Waals surface area (Å²) in [5, 5.41) is 16.6. The highest BCUT2D eigenvalue weighted by Crippen LogP contribution is 2.37. The Morgan fingerprint density at radius 2 is 1.89 bits per heavy atom. The van der Waals surface area contributed by atoms with Crippen LogP contribution in [0.2, 0.25) is 5.02 Å². The maximum atomic E-state index is 15.2. The first-order chi connectivity index (χ1) is 16.7. The summed E-state index contributed by atoms with van der Waals surface area (Å²) >= 11 is 6.06. The van der Waals surface area contributed by atoms with Gasteiger partial charge in [0.1, 0.15) is 5.75 Å². The Labute approximate surface area is 210 Å². The van der Waals surface area contributed by atoms with Crippen molar-refractivity contribution in [2.75, 3.05) is 5.32 Å². The van der Waals surface area contributed by atoms with Crippen molar-refractivity contribution in [3.05, 3.63) is 81.6 Å². The van der Waals surface area contributed by atoms with E-state index in [1.165, 1.54) is 30.3 Å². The molecule has 36 heavy (non-hydrogen) atoms. The highest BCUT2D eigenvalue weighted by atomic mass is 35.5. The zero-order valence-corrected chi connectivity index (χ0v) is 20.5. The molecular weight excluding hydrogens is 519 g/mol. The second-order valence-electron chi connectivity index (χ2n) is 7.94. The molecule has 3 aromatic rings. The van der Waals surface area contributed by atoms with Crippen molar-refractivity contribution >= 4 is 33.2 Å². The smallest absolute Gasteiger partial charge is 0.270 e. The minimum Gasteiger partial charge on any atom is -0.453 e. The van der Waals surface area contributed by atoms with E-state index in [9.17, 15) is 22.0 Å². The number of nitrogens with one attached hydrogen (secondary N) is 1. The second-order valence-corrected chi connectivity index (χ2v) is 9.91. The molecule has 0 spiro atoms. The van der Waals surface area contributed by atoms with Crippen molar-refractivity contribution in [2.45, 2.75) is 31.1 Å². The summed E-state index contributed by atoms with van der Waals surface area (Å²) in [5.41, 5.74) is -0.0356. The SMILES string of the molecule is Cc1cc(S(N)(=O)=O)ccc1NC(=O)Cc1ccc(Cl)c(Oc2cc(C#N)cc(C(C)(F)F)c2)c1F. The van der Waals surface area contributed by atoms with Crippen LogP contribution in [0, 0.1) is 24.1 Å². The molecule has 0 fully saturated rings. The zero-order valence-electron chi connectivity index (χ0n) is 18.9. The number of rotatable bonds is 7. The fraction of sp³-hybridized carbons (Fsp3) is 0.167. The normalized spacial score (nSPS) is 11.6. The van der Waals surface area contributed by atoms with Crippen LogP contribution in [0.5, 0.6) is 11.5 Å². The quantitative estimate of drug-likeness (QED) is 0.418. The van der Waals surface area contributed by atoms with Crippen LogP contribution in [0.25, 0.3) is 0 Å². The molecule has 0 heterocycles. The lowest BCUT2D eigenvalue weighted by atomic mass is 10.1. The molecule has 0 aromatic heterocycles. The number of nitrogens with two attached hydrogens (primary N) is 1. The van der Waals surface area contributed by atoms with E-state index < -0.39 is 45.4 Å². The van der Waals surface area contributed by atoms with Crippen LogP contribution < -0.4 is 15.2 Å². The number of anilines is 1. The van der Waals surface area contributed by atoms with Gasteiger partial charge < -0.3 is 10.1 Å². The van der Waals surface area contributed by atoms with Crippen molar-refractivity contribution in [3.8, 4) is 17.6 Å². The first-order valence-electron chi connectivity index (χ1n) is 10.2. The van der Waals surface area contributed by atoms with Crippen LogP contribution in [0.15, 0.2) is 53.4 Å². The molecule has 188 valence electrons. The number of nitriles is 1. The first-order valence-corrected chi connectivity index (χ1v) is 12.1. The molecule has 0 bridgehead atoms. The number of hydrogen-bond donors (Lipinski definition) is 2. The number of halogens is 4. The predicted molar refractivity (Wildman–Crippen MR) is 127 cm³/mol. The van der Waals surface area contributed by atoms with Gasteiger partial charge in [0.25, 0.3) is 5.92 Å². The van der Waals surface area contributed by atoms with E-state index in [0.717, 1.165) is 18.2 Å². The average molecular weight is 538 g/mol. The molecule has 0 aliphatic heterocycles. The number of nitrogens with zero attached hydrogens (tertiary/aromatic N) is 1. The Hall–Kier alpha value is -3.59. The Morgan fingerprint density at radius 3 is 2.47 bits per heavy atom. The van der Waals surface area contributed by atoms with Gasteiger partial charge >= 0.3 is 0 Å². The maximum Gasteiger partial charge on any atom is 0.270 e. The van der Waals surface area contributed by atoms with Gasteiger partial charge in [0, 0.05) is 23.7 Å². The largest absolute Gasteiger partial charge is 0.453 e. The molecule has 0 saturated carbocycles. The van der Waals surface area contributed by atoms with Crippen molar-refractivity contribution in [1.29, 1.82) is 5.26 Å². The number of alkyl halides is 2. The molecule has 0 aliphatic rings. The summed E-state index contributed by atoms with van der Waals surface area (Å²) < 4.78 is 71.2. The molecule has 0 radical (unpaired) electrons. The average Bonchev–Trinajstić information content (AvgIpc) is 2.78. The lowest BCUT2D eigenvalue weighted by molar-refractivity contribution is -0.115. The summed E-state index contributed by atoms with van der Waals surface area (Å²) in [5.74, 6) is -5.65. The second kappa shape index (κ2) is 10.2.